The van der Waals surface area contributed by atoms with Gasteiger partial charge in [-0.3, -0.25) is 9.48 Å². The monoisotopic (exact) mass is 382 g/mol. The van der Waals surface area contributed by atoms with E-state index in [0.717, 1.165) is 48.7 Å². The van der Waals surface area contributed by atoms with Crippen molar-refractivity contribution < 1.29 is 4.79 Å². The SMILES string of the molecule is Cc1nc2ncnn2c(N2CCC(N(C)C(=O)c3cc(C)n(C)n3)CC2)c1C. The number of nitrogens with zero attached hydrogens (tertiary/aromatic N) is 8. The fraction of sp³-hybridized carbons (Fsp3) is 0.526. The lowest BCUT2D eigenvalue weighted by molar-refractivity contribution is 0.0702. The highest BCUT2D eigenvalue weighted by Crippen LogP contribution is 2.27. The summed E-state index contributed by atoms with van der Waals surface area (Å²) in [5, 5.41) is 8.68. The van der Waals surface area contributed by atoms with Gasteiger partial charge in [0.05, 0.1) is 0 Å². The zero-order valence-corrected chi connectivity index (χ0v) is 17.0. The van der Waals surface area contributed by atoms with Gasteiger partial charge in [0.1, 0.15) is 12.1 Å². The number of carbonyl (C=O) groups excluding carboxylic acids is 1. The number of piperidine rings is 1. The molecule has 1 aliphatic heterocycles. The summed E-state index contributed by atoms with van der Waals surface area (Å²) in [6, 6.07) is 2.04. The molecule has 3 aromatic rings. The molecule has 0 spiro atoms. The van der Waals surface area contributed by atoms with Gasteiger partial charge in [-0.15, -0.1) is 0 Å². The third kappa shape index (κ3) is 3.00. The van der Waals surface area contributed by atoms with Gasteiger partial charge in [0.2, 0.25) is 0 Å². The van der Waals surface area contributed by atoms with Crippen LogP contribution in [0.15, 0.2) is 12.4 Å². The second-order valence-electron chi connectivity index (χ2n) is 7.55. The molecule has 0 aliphatic carbocycles. The molecular weight excluding hydrogens is 356 g/mol. The van der Waals surface area contributed by atoms with E-state index >= 15 is 0 Å². The van der Waals surface area contributed by atoms with Gasteiger partial charge in [-0.2, -0.15) is 19.7 Å². The molecule has 9 nitrogen and oxygen atoms in total. The Balaban J connectivity index is 1.50. The number of fused-ring (bicyclic) bond motifs is 1. The summed E-state index contributed by atoms with van der Waals surface area (Å²) in [5.74, 6) is 1.66. The van der Waals surface area contributed by atoms with E-state index in [1.54, 1.807) is 11.0 Å². The molecule has 1 fully saturated rings. The van der Waals surface area contributed by atoms with Crippen molar-refractivity contribution in [2.45, 2.75) is 39.7 Å². The number of aryl methyl sites for hydroxylation is 3. The smallest absolute Gasteiger partial charge is 0.274 e. The number of aromatic nitrogens is 6. The minimum absolute atomic E-state index is 0.0169. The molecule has 0 atom stereocenters. The summed E-state index contributed by atoms with van der Waals surface area (Å²) in [4.78, 5) is 25.7. The zero-order chi connectivity index (χ0) is 20.0. The Kier molecular flexibility index (Phi) is 4.52. The van der Waals surface area contributed by atoms with Gasteiger partial charge in [0.25, 0.3) is 11.7 Å². The van der Waals surface area contributed by atoms with Gasteiger partial charge in [-0.1, -0.05) is 0 Å². The maximum absolute atomic E-state index is 12.8. The quantitative estimate of drug-likeness (QED) is 0.683. The van der Waals surface area contributed by atoms with E-state index in [2.05, 4.69) is 32.0 Å². The average Bonchev–Trinajstić information content (AvgIpc) is 3.28. The molecule has 148 valence electrons. The van der Waals surface area contributed by atoms with Crippen molar-refractivity contribution >= 4 is 17.5 Å². The second kappa shape index (κ2) is 6.88. The summed E-state index contributed by atoms with van der Waals surface area (Å²) >= 11 is 0. The van der Waals surface area contributed by atoms with Gasteiger partial charge < -0.3 is 9.80 Å². The van der Waals surface area contributed by atoms with E-state index < -0.39 is 0 Å². The van der Waals surface area contributed by atoms with Crippen molar-refractivity contribution in [2.24, 2.45) is 7.05 Å². The molecule has 1 saturated heterocycles. The fourth-order valence-electron chi connectivity index (χ4n) is 3.86. The number of carbonyl (C=O) groups is 1. The minimum atomic E-state index is -0.0169. The third-order valence-electron chi connectivity index (χ3n) is 5.84. The van der Waals surface area contributed by atoms with Crippen LogP contribution in [0.4, 0.5) is 5.82 Å². The van der Waals surface area contributed by atoms with Crippen molar-refractivity contribution in [1.29, 1.82) is 0 Å². The molecular formula is C19H26N8O. The van der Waals surface area contributed by atoms with Gasteiger partial charge in [-0.05, 0) is 39.7 Å². The highest BCUT2D eigenvalue weighted by Gasteiger charge is 2.29. The van der Waals surface area contributed by atoms with Crippen LogP contribution in [-0.4, -0.2) is 66.3 Å². The summed E-state index contributed by atoms with van der Waals surface area (Å²) in [6.07, 6.45) is 3.33. The fourth-order valence-corrected chi connectivity index (χ4v) is 3.86. The Labute approximate surface area is 164 Å². The molecule has 0 bridgehead atoms. The Morgan fingerprint density at radius 2 is 1.93 bits per heavy atom. The van der Waals surface area contributed by atoms with Crippen LogP contribution in [0.5, 0.6) is 0 Å². The van der Waals surface area contributed by atoms with E-state index in [1.807, 2.05) is 43.4 Å². The summed E-state index contributed by atoms with van der Waals surface area (Å²) in [5.41, 5.74) is 3.57. The Bertz CT molecular complexity index is 1010. The topological polar surface area (TPSA) is 84.5 Å². The summed E-state index contributed by atoms with van der Waals surface area (Å²) in [6.45, 7) is 7.73. The number of rotatable bonds is 3. The van der Waals surface area contributed by atoms with E-state index in [9.17, 15) is 4.79 Å². The molecule has 28 heavy (non-hydrogen) atoms. The Morgan fingerprint density at radius 3 is 2.57 bits per heavy atom. The molecule has 0 saturated carbocycles. The van der Waals surface area contributed by atoms with Crippen LogP contribution >= 0.6 is 0 Å². The number of amides is 1. The lowest BCUT2D eigenvalue weighted by Crippen LogP contribution is -2.46. The largest absolute Gasteiger partial charge is 0.356 e. The van der Waals surface area contributed by atoms with E-state index in [0.29, 0.717) is 11.5 Å². The van der Waals surface area contributed by atoms with E-state index in [-0.39, 0.29) is 11.9 Å². The zero-order valence-electron chi connectivity index (χ0n) is 17.0. The van der Waals surface area contributed by atoms with Crippen LogP contribution in [0.3, 0.4) is 0 Å². The van der Waals surface area contributed by atoms with E-state index in [4.69, 9.17) is 0 Å². The first-order valence-corrected chi connectivity index (χ1v) is 9.56. The molecule has 0 radical (unpaired) electrons. The maximum Gasteiger partial charge on any atom is 0.274 e. The highest BCUT2D eigenvalue weighted by atomic mass is 16.2. The van der Waals surface area contributed by atoms with Crippen LogP contribution in [0.2, 0.25) is 0 Å². The standard InChI is InChI=1S/C19H26N8O/c1-12-10-16(23-25(12)5)18(28)24(4)15-6-8-26(9-7-15)17-13(2)14(3)22-19-20-11-21-27(17)19/h10-11,15H,6-9H2,1-5H3. The molecule has 1 aliphatic rings. The molecule has 4 rings (SSSR count). The van der Waals surface area contributed by atoms with Crippen LogP contribution in [0.1, 0.15) is 40.3 Å². The number of hydrogen-bond donors (Lipinski definition) is 0. The van der Waals surface area contributed by atoms with Gasteiger partial charge in [-0.25, -0.2) is 4.98 Å². The molecule has 1 amide bonds. The van der Waals surface area contributed by atoms with E-state index in [1.165, 1.54) is 0 Å². The minimum Gasteiger partial charge on any atom is -0.356 e. The van der Waals surface area contributed by atoms with Crippen LogP contribution in [-0.2, 0) is 7.05 Å². The lowest BCUT2D eigenvalue weighted by Gasteiger charge is -2.38. The second-order valence-corrected chi connectivity index (χ2v) is 7.55. The van der Waals surface area contributed by atoms with Crippen LogP contribution in [0.25, 0.3) is 5.78 Å². The Hall–Kier alpha value is -2.97. The van der Waals surface area contributed by atoms with Crippen LogP contribution < -0.4 is 4.90 Å². The van der Waals surface area contributed by atoms with Gasteiger partial charge in [0, 0.05) is 50.2 Å². The van der Waals surface area contributed by atoms with Crippen molar-refractivity contribution in [2.75, 3.05) is 25.0 Å². The van der Waals surface area contributed by atoms with Crippen LogP contribution in [0, 0.1) is 20.8 Å². The lowest BCUT2D eigenvalue weighted by atomic mass is 10.0. The van der Waals surface area contributed by atoms with Crippen molar-refractivity contribution in [1.82, 2.24) is 34.3 Å². The first-order chi connectivity index (χ1) is 13.4. The molecule has 0 unspecified atom stereocenters. The third-order valence-corrected chi connectivity index (χ3v) is 5.84. The predicted octanol–water partition coefficient (Wildman–Crippen LogP) is 1.52. The molecule has 3 aromatic heterocycles. The summed E-state index contributed by atoms with van der Waals surface area (Å²) in [7, 11) is 3.73. The predicted molar refractivity (Wildman–Crippen MR) is 106 cm³/mol. The molecule has 0 aromatic carbocycles. The highest BCUT2D eigenvalue weighted by molar-refractivity contribution is 5.92. The maximum atomic E-state index is 12.8. The number of anilines is 1. The summed E-state index contributed by atoms with van der Waals surface area (Å²) < 4.78 is 3.55. The van der Waals surface area contributed by atoms with Gasteiger partial charge in [0.15, 0.2) is 5.69 Å². The first kappa shape index (κ1) is 18.4. The molecule has 9 heteroatoms. The number of hydrogen-bond acceptors (Lipinski definition) is 6. The van der Waals surface area contributed by atoms with Gasteiger partial charge >= 0.3 is 0 Å². The first-order valence-electron chi connectivity index (χ1n) is 9.56. The average molecular weight is 382 g/mol. The molecule has 4 heterocycles. The van der Waals surface area contributed by atoms with Crippen molar-refractivity contribution in [3.8, 4) is 0 Å². The normalized spacial score (nSPS) is 15.4. The van der Waals surface area contributed by atoms with Crippen molar-refractivity contribution in [3.05, 3.63) is 35.0 Å². The Morgan fingerprint density at radius 1 is 1.21 bits per heavy atom. The molecule has 0 N–H and O–H groups in total. The van der Waals surface area contributed by atoms with Crippen molar-refractivity contribution in [3.63, 3.8) is 0 Å².